The molecule has 0 unspecified atom stereocenters. The minimum absolute atomic E-state index is 0.131. The summed E-state index contributed by atoms with van der Waals surface area (Å²) >= 11 is 0. The van der Waals surface area contributed by atoms with Gasteiger partial charge >= 0.3 is 5.97 Å². The monoisotopic (exact) mass is 235 g/mol. The van der Waals surface area contributed by atoms with Crippen LogP contribution in [-0.4, -0.2) is 17.6 Å². The molecular formula is C14H21NO2. The van der Waals surface area contributed by atoms with Crippen LogP contribution in [0.1, 0.15) is 38.1 Å². The molecule has 3 heteroatoms. The van der Waals surface area contributed by atoms with Crippen LogP contribution in [0.5, 0.6) is 0 Å². The molecular weight excluding hydrogens is 214 g/mol. The average molecular weight is 235 g/mol. The van der Waals surface area contributed by atoms with Gasteiger partial charge in [-0.05, 0) is 23.5 Å². The predicted octanol–water partition coefficient (Wildman–Crippen LogP) is 3.48. The fourth-order valence-corrected chi connectivity index (χ4v) is 1.35. The zero-order valence-corrected chi connectivity index (χ0v) is 10.9. The Morgan fingerprint density at radius 2 is 1.94 bits per heavy atom. The van der Waals surface area contributed by atoms with Crippen molar-refractivity contribution in [3.63, 3.8) is 0 Å². The molecule has 1 aromatic carbocycles. The highest BCUT2D eigenvalue weighted by Crippen LogP contribution is 2.27. The van der Waals surface area contributed by atoms with Crippen molar-refractivity contribution in [3.8, 4) is 0 Å². The number of carbonyl (C=O) groups is 1. The van der Waals surface area contributed by atoms with Crippen molar-refractivity contribution in [2.75, 3.05) is 11.9 Å². The van der Waals surface area contributed by atoms with Gasteiger partial charge in [0.05, 0.1) is 5.56 Å². The molecule has 0 atom stereocenters. The Morgan fingerprint density at radius 3 is 2.47 bits per heavy atom. The van der Waals surface area contributed by atoms with E-state index in [0.717, 1.165) is 6.54 Å². The van der Waals surface area contributed by atoms with Crippen molar-refractivity contribution in [2.45, 2.75) is 27.7 Å². The number of anilines is 1. The summed E-state index contributed by atoms with van der Waals surface area (Å²) in [4.78, 5) is 11.0. The van der Waals surface area contributed by atoms with Crippen molar-refractivity contribution in [1.82, 2.24) is 0 Å². The number of aromatic carboxylic acids is 1. The van der Waals surface area contributed by atoms with E-state index in [-0.39, 0.29) is 5.41 Å². The van der Waals surface area contributed by atoms with Crippen LogP contribution in [-0.2, 0) is 0 Å². The van der Waals surface area contributed by atoms with E-state index in [9.17, 15) is 4.79 Å². The van der Waals surface area contributed by atoms with E-state index >= 15 is 0 Å². The van der Waals surface area contributed by atoms with Gasteiger partial charge in [0.1, 0.15) is 0 Å². The van der Waals surface area contributed by atoms with Crippen LogP contribution in [0, 0.1) is 11.3 Å². The predicted molar refractivity (Wildman–Crippen MR) is 70.5 cm³/mol. The second-order valence-electron chi connectivity index (χ2n) is 5.35. The lowest BCUT2D eigenvalue weighted by molar-refractivity contribution is 0.0698. The number of rotatable bonds is 5. The third-order valence-electron chi connectivity index (χ3n) is 3.45. The van der Waals surface area contributed by atoms with E-state index in [1.54, 1.807) is 18.2 Å². The Hall–Kier alpha value is -1.51. The molecule has 1 rings (SSSR count). The van der Waals surface area contributed by atoms with E-state index in [1.807, 2.05) is 6.07 Å². The number of benzene rings is 1. The van der Waals surface area contributed by atoms with Gasteiger partial charge in [0.2, 0.25) is 0 Å². The number of hydrogen-bond acceptors (Lipinski definition) is 2. The maximum absolute atomic E-state index is 11.0. The van der Waals surface area contributed by atoms with Gasteiger partial charge in [0, 0.05) is 12.2 Å². The van der Waals surface area contributed by atoms with E-state index < -0.39 is 5.97 Å². The second-order valence-corrected chi connectivity index (χ2v) is 5.35. The van der Waals surface area contributed by atoms with Crippen LogP contribution < -0.4 is 5.32 Å². The molecule has 0 heterocycles. The zero-order valence-electron chi connectivity index (χ0n) is 10.9. The molecule has 2 N–H and O–H groups in total. The molecule has 0 saturated heterocycles. The van der Waals surface area contributed by atoms with E-state index in [1.165, 1.54) is 0 Å². The Morgan fingerprint density at radius 1 is 1.35 bits per heavy atom. The Kier molecular flexibility index (Phi) is 4.16. The lowest BCUT2D eigenvalue weighted by atomic mass is 9.81. The first-order valence-corrected chi connectivity index (χ1v) is 5.91. The minimum atomic E-state index is -0.893. The summed E-state index contributed by atoms with van der Waals surface area (Å²) in [6.07, 6.45) is 0. The van der Waals surface area contributed by atoms with Gasteiger partial charge in [-0.1, -0.05) is 39.8 Å². The largest absolute Gasteiger partial charge is 0.478 e. The van der Waals surface area contributed by atoms with E-state index in [4.69, 9.17) is 5.11 Å². The first-order chi connectivity index (χ1) is 7.84. The molecule has 3 nitrogen and oxygen atoms in total. The van der Waals surface area contributed by atoms with Crippen molar-refractivity contribution >= 4 is 11.7 Å². The molecule has 94 valence electrons. The van der Waals surface area contributed by atoms with Crippen molar-refractivity contribution < 1.29 is 9.90 Å². The fraction of sp³-hybridized carbons (Fsp3) is 0.500. The lowest BCUT2D eigenvalue weighted by Crippen LogP contribution is -2.29. The van der Waals surface area contributed by atoms with Crippen LogP contribution in [0.15, 0.2) is 24.3 Å². The van der Waals surface area contributed by atoms with Gasteiger partial charge in [0.15, 0.2) is 0 Å². The minimum Gasteiger partial charge on any atom is -0.478 e. The van der Waals surface area contributed by atoms with Crippen molar-refractivity contribution in [3.05, 3.63) is 29.8 Å². The van der Waals surface area contributed by atoms with Crippen molar-refractivity contribution in [1.29, 1.82) is 0 Å². The number of carboxylic acids is 1. The van der Waals surface area contributed by atoms with Crippen LogP contribution in [0.3, 0.4) is 0 Å². The topological polar surface area (TPSA) is 49.3 Å². The molecule has 1 aromatic rings. The first kappa shape index (κ1) is 13.6. The van der Waals surface area contributed by atoms with Gasteiger partial charge in [-0.25, -0.2) is 4.79 Å². The summed E-state index contributed by atoms with van der Waals surface area (Å²) in [7, 11) is 0. The third kappa shape index (κ3) is 3.48. The molecule has 0 saturated carbocycles. The lowest BCUT2D eigenvalue weighted by Gasteiger charge is -2.30. The van der Waals surface area contributed by atoms with E-state index in [0.29, 0.717) is 17.2 Å². The summed E-state index contributed by atoms with van der Waals surface area (Å²) in [6.45, 7) is 9.45. The summed E-state index contributed by atoms with van der Waals surface area (Å²) in [5.41, 5.74) is 1.15. The average Bonchev–Trinajstić information content (AvgIpc) is 2.26. The molecule has 0 spiro atoms. The molecule has 0 radical (unpaired) electrons. The van der Waals surface area contributed by atoms with Gasteiger partial charge in [-0.15, -0.1) is 0 Å². The van der Waals surface area contributed by atoms with Crippen LogP contribution in [0.25, 0.3) is 0 Å². The summed E-state index contributed by atoms with van der Waals surface area (Å²) in [6, 6.07) is 7.01. The van der Waals surface area contributed by atoms with Gasteiger partial charge in [0.25, 0.3) is 0 Å². The highest BCUT2D eigenvalue weighted by atomic mass is 16.4. The molecule has 0 amide bonds. The Balaban J connectivity index is 2.79. The maximum Gasteiger partial charge on any atom is 0.337 e. The van der Waals surface area contributed by atoms with E-state index in [2.05, 4.69) is 33.0 Å². The van der Waals surface area contributed by atoms with Crippen molar-refractivity contribution in [2.24, 2.45) is 11.3 Å². The number of para-hydroxylation sites is 1. The summed E-state index contributed by atoms with van der Waals surface area (Å²) in [5, 5.41) is 12.3. The smallest absolute Gasteiger partial charge is 0.337 e. The third-order valence-corrected chi connectivity index (χ3v) is 3.45. The number of carboxylic acid groups (broad SMARTS) is 1. The summed E-state index contributed by atoms with van der Waals surface area (Å²) < 4.78 is 0. The normalized spacial score (nSPS) is 11.6. The Labute approximate surface area is 103 Å². The maximum atomic E-state index is 11.0. The first-order valence-electron chi connectivity index (χ1n) is 5.91. The molecule has 0 aliphatic carbocycles. The number of hydrogen-bond donors (Lipinski definition) is 2. The highest BCUT2D eigenvalue weighted by molar-refractivity contribution is 5.94. The second kappa shape index (κ2) is 5.21. The molecule has 0 fully saturated rings. The highest BCUT2D eigenvalue weighted by Gasteiger charge is 2.22. The zero-order chi connectivity index (χ0) is 13.1. The van der Waals surface area contributed by atoms with Crippen LogP contribution in [0.4, 0.5) is 5.69 Å². The molecule has 0 aliphatic heterocycles. The van der Waals surface area contributed by atoms with Gasteiger partial charge in [-0.3, -0.25) is 0 Å². The van der Waals surface area contributed by atoms with Crippen LogP contribution in [0.2, 0.25) is 0 Å². The molecule has 0 aliphatic rings. The standard InChI is InChI=1S/C14H21NO2/c1-10(2)14(3,4)9-15-12-8-6-5-7-11(12)13(16)17/h5-8,10,15H,9H2,1-4H3,(H,16,17). The Bertz CT molecular complexity index is 397. The molecule has 0 aromatic heterocycles. The molecule has 0 bridgehead atoms. The van der Waals surface area contributed by atoms with Gasteiger partial charge in [-0.2, -0.15) is 0 Å². The quantitative estimate of drug-likeness (QED) is 0.821. The fourth-order valence-electron chi connectivity index (χ4n) is 1.35. The van der Waals surface area contributed by atoms with Crippen LogP contribution >= 0.6 is 0 Å². The molecule has 17 heavy (non-hydrogen) atoms. The summed E-state index contributed by atoms with van der Waals surface area (Å²) in [5.74, 6) is -0.359. The van der Waals surface area contributed by atoms with Gasteiger partial charge < -0.3 is 10.4 Å². The SMILES string of the molecule is CC(C)C(C)(C)CNc1ccccc1C(=O)O. The number of nitrogens with one attached hydrogen (secondary N) is 1.